The molecule has 2 fully saturated rings. The molecule has 1 amide bonds. The van der Waals surface area contributed by atoms with Crippen LogP contribution in [0.1, 0.15) is 56.6 Å². The number of hydrogen-bond donors (Lipinski definition) is 2. The van der Waals surface area contributed by atoms with Gasteiger partial charge in [0.1, 0.15) is 5.69 Å². The molecule has 2 aliphatic rings. The summed E-state index contributed by atoms with van der Waals surface area (Å²) in [5, 5.41) is 11.0. The second-order valence-corrected chi connectivity index (χ2v) is 8.22. The van der Waals surface area contributed by atoms with E-state index in [1.807, 2.05) is 18.2 Å². The fraction of sp³-hybridized carbons (Fsp3) is 0.565. The Morgan fingerprint density at radius 2 is 1.87 bits per heavy atom. The van der Waals surface area contributed by atoms with Crippen molar-refractivity contribution in [2.24, 2.45) is 5.92 Å². The van der Waals surface area contributed by atoms with Gasteiger partial charge >= 0.3 is 0 Å². The molecule has 1 saturated heterocycles. The van der Waals surface area contributed by atoms with Gasteiger partial charge in [0.2, 0.25) is 5.91 Å². The minimum Gasteiger partial charge on any atom is -0.493 e. The first-order valence-corrected chi connectivity index (χ1v) is 10.9. The number of carbonyl (C=O) groups is 1. The molecule has 7 nitrogen and oxygen atoms in total. The number of nitrogens with zero attached hydrogens (tertiary/aromatic N) is 1. The maximum Gasteiger partial charge on any atom is 0.224 e. The van der Waals surface area contributed by atoms with Crippen LogP contribution in [0, 0.1) is 5.92 Å². The Balaban J connectivity index is 1.65. The minimum absolute atomic E-state index is 0.0679. The van der Waals surface area contributed by atoms with Gasteiger partial charge in [0.25, 0.3) is 0 Å². The third kappa shape index (κ3) is 4.46. The van der Waals surface area contributed by atoms with E-state index >= 15 is 0 Å². The molecule has 162 valence electrons. The molecule has 0 unspecified atom stereocenters. The van der Waals surface area contributed by atoms with Gasteiger partial charge in [-0.3, -0.25) is 9.89 Å². The van der Waals surface area contributed by atoms with Crippen LogP contribution in [-0.4, -0.2) is 43.5 Å². The summed E-state index contributed by atoms with van der Waals surface area (Å²) in [6.07, 6.45) is 7.16. The van der Waals surface area contributed by atoms with Crippen molar-refractivity contribution in [3.05, 3.63) is 23.9 Å². The zero-order valence-electron chi connectivity index (χ0n) is 17.8. The lowest BCUT2D eigenvalue weighted by Gasteiger charge is -2.22. The van der Waals surface area contributed by atoms with E-state index in [0.29, 0.717) is 29.8 Å². The smallest absolute Gasteiger partial charge is 0.224 e. The number of anilines is 1. The van der Waals surface area contributed by atoms with Crippen molar-refractivity contribution in [2.45, 2.75) is 50.9 Å². The first-order chi connectivity index (χ1) is 14.7. The van der Waals surface area contributed by atoms with Crippen molar-refractivity contribution >= 4 is 11.6 Å². The topological polar surface area (TPSA) is 85.5 Å². The molecule has 30 heavy (non-hydrogen) atoms. The second kappa shape index (κ2) is 9.51. The van der Waals surface area contributed by atoms with Gasteiger partial charge in [-0.05, 0) is 49.8 Å². The fourth-order valence-corrected chi connectivity index (χ4v) is 4.62. The van der Waals surface area contributed by atoms with E-state index in [4.69, 9.17) is 14.2 Å². The maximum absolute atomic E-state index is 12.9. The van der Waals surface area contributed by atoms with Crippen LogP contribution >= 0.6 is 0 Å². The molecule has 2 N–H and O–H groups in total. The summed E-state index contributed by atoms with van der Waals surface area (Å²) < 4.78 is 16.4. The van der Waals surface area contributed by atoms with E-state index < -0.39 is 0 Å². The average Bonchev–Trinajstić information content (AvgIpc) is 3.44. The van der Waals surface area contributed by atoms with E-state index in [0.717, 1.165) is 61.5 Å². The third-order valence-electron chi connectivity index (χ3n) is 6.29. The predicted octanol–water partition coefficient (Wildman–Crippen LogP) is 4.51. The Hall–Kier alpha value is -2.54. The standard InChI is InChI=1S/C23H31N3O4/c1-28-18-8-7-17(14-19(18)29-2)22-23(24-20(27)13-15-5-3-4-6-15)21(25-26-22)16-9-11-30-12-10-16/h7-8,14-16H,3-6,9-13H2,1-2H3,(H,24,27)(H,25,26). The van der Waals surface area contributed by atoms with E-state index in [2.05, 4.69) is 15.5 Å². The number of H-pyrrole nitrogens is 1. The van der Waals surface area contributed by atoms with E-state index in [9.17, 15) is 4.79 Å². The van der Waals surface area contributed by atoms with Crippen LogP contribution in [0.3, 0.4) is 0 Å². The van der Waals surface area contributed by atoms with Crippen LogP contribution in [-0.2, 0) is 9.53 Å². The Morgan fingerprint density at radius 1 is 1.13 bits per heavy atom. The summed E-state index contributed by atoms with van der Waals surface area (Å²) in [4.78, 5) is 12.9. The highest BCUT2D eigenvalue weighted by atomic mass is 16.5. The van der Waals surface area contributed by atoms with Crippen LogP contribution in [0.2, 0.25) is 0 Å². The minimum atomic E-state index is 0.0679. The molecule has 1 aliphatic heterocycles. The van der Waals surface area contributed by atoms with Crippen LogP contribution in [0.25, 0.3) is 11.3 Å². The maximum atomic E-state index is 12.9. The summed E-state index contributed by atoms with van der Waals surface area (Å²) in [6.45, 7) is 1.45. The number of aromatic amines is 1. The first-order valence-electron chi connectivity index (χ1n) is 10.9. The van der Waals surface area contributed by atoms with Crippen LogP contribution < -0.4 is 14.8 Å². The van der Waals surface area contributed by atoms with Crippen molar-refractivity contribution in [3.63, 3.8) is 0 Å². The molecule has 7 heteroatoms. The lowest BCUT2D eigenvalue weighted by atomic mass is 9.94. The quantitative estimate of drug-likeness (QED) is 0.698. The molecule has 1 aromatic heterocycles. The van der Waals surface area contributed by atoms with Crippen molar-refractivity contribution in [2.75, 3.05) is 32.8 Å². The largest absolute Gasteiger partial charge is 0.493 e. The van der Waals surface area contributed by atoms with Crippen LogP contribution in [0.5, 0.6) is 11.5 Å². The highest BCUT2D eigenvalue weighted by molar-refractivity contribution is 5.96. The van der Waals surface area contributed by atoms with Gasteiger partial charge in [-0.25, -0.2) is 0 Å². The lowest BCUT2D eigenvalue weighted by Crippen LogP contribution is -2.19. The number of amides is 1. The number of rotatable bonds is 7. The van der Waals surface area contributed by atoms with Gasteiger partial charge < -0.3 is 19.5 Å². The summed E-state index contributed by atoms with van der Waals surface area (Å²) in [6, 6.07) is 5.70. The molecule has 1 saturated carbocycles. The first kappa shape index (κ1) is 20.7. The van der Waals surface area contributed by atoms with Gasteiger partial charge in [0.15, 0.2) is 11.5 Å². The van der Waals surface area contributed by atoms with Crippen LogP contribution in [0.4, 0.5) is 5.69 Å². The number of nitrogens with one attached hydrogen (secondary N) is 2. The second-order valence-electron chi connectivity index (χ2n) is 8.22. The highest BCUT2D eigenvalue weighted by Gasteiger charge is 2.27. The van der Waals surface area contributed by atoms with Crippen molar-refractivity contribution in [1.82, 2.24) is 10.2 Å². The average molecular weight is 414 g/mol. The molecule has 2 heterocycles. The summed E-state index contributed by atoms with van der Waals surface area (Å²) in [5.74, 6) is 2.15. The summed E-state index contributed by atoms with van der Waals surface area (Å²) in [5.41, 5.74) is 3.38. The van der Waals surface area contributed by atoms with Crippen LogP contribution in [0.15, 0.2) is 18.2 Å². The van der Waals surface area contributed by atoms with E-state index in [-0.39, 0.29) is 5.91 Å². The molecule has 1 aromatic carbocycles. The number of carbonyl (C=O) groups excluding carboxylic acids is 1. The summed E-state index contributed by atoms with van der Waals surface area (Å²) >= 11 is 0. The normalized spacial score (nSPS) is 17.8. The highest BCUT2D eigenvalue weighted by Crippen LogP contribution is 2.40. The Kier molecular flexibility index (Phi) is 6.57. The zero-order chi connectivity index (χ0) is 20.9. The third-order valence-corrected chi connectivity index (χ3v) is 6.29. The van der Waals surface area contributed by atoms with Crippen molar-refractivity contribution in [1.29, 1.82) is 0 Å². The molecular formula is C23H31N3O4. The van der Waals surface area contributed by atoms with Crippen molar-refractivity contribution in [3.8, 4) is 22.8 Å². The molecule has 0 atom stereocenters. The molecule has 2 aromatic rings. The van der Waals surface area contributed by atoms with E-state index in [1.54, 1.807) is 14.2 Å². The zero-order valence-corrected chi connectivity index (χ0v) is 17.8. The van der Waals surface area contributed by atoms with E-state index in [1.165, 1.54) is 12.8 Å². The predicted molar refractivity (Wildman–Crippen MR) is 115 cm³/mol. The number of methoxy groups -OCH3 is 2. The van der Waals surface area contributed by atoms with Crippen molar-refractivity contribution < 1.29 is 19.0 Å². The lowest BCUT2D eigenvalue weighted by molar-refractivity contribution is -0.117. The molecule has 0 spiro atoms. The Labute approximate surface area is 177 Å². The van der Waals surface area contributed by atoms with Gasteiger partial charge in [0, 0.05) is 31.1 Å². The number of ether oxygens (including phenoxy) is 3. The summed E-state index contributed by atoms with van der Waals surface area (Å²) in [7, 11) is 3.23. The molecule has 4 rings (SSSR count). The Bertz CT molecular complexity index is 867. The number of benzene rings is 1. The SMILES string of the molecule is COc1ccc(-c2n[nH]c(C3CCOCC3)c2NC(=O)CC2CCCC2)cc1OC. The van der Waals surface area contributed by atoms with Gasteiger partial charge in [-0.2, -0.15) is 5.10 Å². The molecule has 1 aliphatic carbocycles. The number of aromatic nitrogens is 2. The molecule has 0 bridgehead atoms. The molecular weight excluding hydrogens is 382 g/mol. The fourth-order valence-electron chi connectivity index (χ4n) is 4.62. The number of hydrogen-bond acceptors (Lipinski definition) is 5. The monoisotopic (exact) mass is 413 g/mol. The molecule has 0 radical (unpaired) electrons. The Morgan fingerprint density at radius 3 is 2.57 bits per heavy atom. The van der Waals surface area contributed by atoms with Gasteiger partial charge in [-0.1, -0.05) is 12.8 Å². The van der Waals surface area contributed by atoms with Gasteiger partial charge in [-0.15, -0.1) is 0 Å². The van der Waals surface area contributed by atoms with Gasteiger partial charge in [0.05, 0.1) is 25.6 Å².